The first-order valence-electron chi connectivity index (χ1n) is 13.0. The third-order valence-electron chi connectivity index (χ3n) is 6.41. The van der Waals surface area contributed by atoms with E-state index in [1.807, 2.05) is 36.4 Å². The van der Waals surface area contributed by atoms with Crippen molar-refractivity contribution in [2.24, 2.45) is 5.10 Å². The summed E-state index contributed by atoms with van der Waals surface area (Å²) >= 11 is 15.6. The third-order valence-corrected chi connectivity index (χ3v) is 8.68. The maximum atomic E-state index is 13.5. The van der Waals surface area contributed by atoms with Gasteiger partial charge < -0.3 is 19.2 Å². The number of esters is 2. The zero-order valence-electron chi connectivity index (χ0n) is 23.4. The normalized spacial score (nSPS) is 11.1. The summed E-state index contributed by atoms with van der Waals surface area (Å²) in [6.07, 6.45) is 1.36. The van der Waals surface area contributed by atoms with Gasteiger partial charge in [-0.25, -0.2) is 10.2 Å². The largest absolute Gasteiger partial charge is 0.493 e. The minimum absolute atomic E-state index is 0.148. The van der Waals surface area contributed by atoms with E-state index in [0.29, 0.717) is 30.7 Å². The Balaban J connectivity index is 1.43. The van der Waals surface area contributed by atoms with Gasteiger partial charge in [-0.2, -0.15) is 5.10 Å². The van der Waals surface area contributed by atoms with Crippen molar-refractivity contribution in [2.45, 2.75) is 6.92 Å². The first-order valence-corrected chi connectivity index (χ1v) is 16.1. The maximum absolute atomic E-state index is 13.5. The van der Waals surface area contributed by atoms with E-state index in [1.165, 1.54) is 38.4 Å². The number of aromatic amines is 1. The van der Waals surface area contributed by atoms with E-state index in [2.05, 4.69) is 70.0 Å². The fourth-order valence-corrected chi connectivity index (χ4v) is 6.68. The molecule has 1 aromatic heterocycles. The molecule has 0 unspecified atom stereocenters. The highest BCUT2D eigenvalue weighted by Crippen LogP contribution is 2.38. The highest BCUT2D eigenvalue weighted by molar-refractivity contribution is 14.1. The number of para-hydroxylation sites is 1. The number of hydrogen-bond acceptors (Lipinski definition) is 7. The maximum Gasteiger partial charge on any atom is 0.343 e. The molecule has 0 radical (unpaired) electrons. The Labute approximate surface area is 292 Å². The molecule has 0 saturated heterocycles. The van der Waals surface area contributed by atoms with Crippen LogP contribution < -0.4 is 19.6 Å². The van der Waals surface area contributed by atoms with Crippen molar-refractivity contribution in [2.75, 3.05) is 7.11 Å². The number of halogens is 4. The minimum Gasteiger partial charge on any atom is -0.493 e. The number of benzene rings is 4. The van der Waals surface area contributed by atoms with Crippen LogP contribution in [0.1, 0.15) is 33.3 Å². The number of amides is 1. The topological polar surface area (TPSA) is 119 Å². The van der Waals surface area contributed by atoms with Crippen molar-refractivity contribution in [3.05, 3.63) is 107 Å². The number of nitrogens with one attached hydrogen (secondary N) is 2. The van der Waals surface area contributed by atoms with Gasteiger partial charge in [-0.3, -0.25) is 9.59 Å². The van der Waals surface area contributed by atoms with E-state index >= 15 is 0 Å². The Morgan fingerprint density at radius 1 is 0.978 bits per heavy atom. The van der Waals surface area contributed by atoms with Crippen molar-refractivity contribution in [1.82, 2.24) is 10.4 Å². The lowest BCUT2D eigenvalue weighted by atomic mass is 10.0. The summed E-state index contributed by atoms with van der Waals surface area (Å²) < 4.78 is 18.1. The van der Waals surface area contributed by atoms with Gasteiger partial charge in [0.2, 0.25) is 0 Å². The highest BCUT2D eigenvalue weighted by Gasteiger charge is 2.22. The lowest BCUT2D eigenvalue weighted by Gasteiger charge is -2.12. The molecule has 4 aromatic carbocycles. The average Bonchev–Trinajstić information content (AvgIpc) is 3.39. The van der Waals surface area contributed by atoms with Gasteiger partial charge >= 0.3 is 11.9 Å². The number of ether oxygens (including phenoxy) is 3. The molecular formula is C32H21Br2ClIN3O6. The zero-order valence-corrected chi connectivity index (χ0v) is 29.5. The first-order chi connectivity index (χ1) is 21.6. The van der Waals surface area contributed by atoms with Gasteiger partial charge in [0, 0.05) is 42.1 Å². The molecule has 2 N–H and O–H groups in total. The average molecular weight is 866 g/mol. The van der Waals surface area contributed by atoms with Gasteiger partial charge in [-0.1, -0.05) is 57.9 Å². The van der Waals surface area contributed by atoms with Gasteiger partial charge in [0.25, 0.3) is 5.91 Å². The summed E-state index contributed by atoms with van der Waals surface area (Å²) in [4.78, 5) is 41.3. The number of carbonyl (C=O) groups is 3. The molecule has 45 heavy (non-hydrogen) atoms. The number of methoxy groups -OCH3 is 1. The van der Waals surface area contributed by atoms with Gasteiger partial charge in [0.1, 0.15) is 5.69 Å². The van der Waals surface area contributed by atoms with Crippen LogP contribution in [-0.2, 0) is 4.79 Å². The van der Waals surface area contributed by atoms with Crippen LogP contribution in [0.2, 0.25) is 5.02 Å². The van der Waals surface area contributed by atoms with E-state index in [-0.39, 0.29) is 28.5 Å². The first kappa shape index (κ1) is 32.7. The van der Waals surface area contributed by atoms with E-state index in [1.54, 1.807) is 18.2 Å². The Hall–Kier alpha value is -3.72. The summed E-state index contributed by atoms with van der Waals surface area (Å²) in [7, 11) is 1.39. The fourth-order valence-electron chi connectivity index (χ4n) is 4.48. The molecule has 1 amide bonds. The van der Waals surface area contributed by atoms with E-state index in [0.717, 1.165) is 14.5 Å². The number of carbonyl (C=O) groups excluding carboxylic acids is 3. The predicted octanol–water partition coefficient (Wildman–Crippen LogP) is 8.53. The number of fused-ring (bicyclic) bond motifs is 1. The third kappa shape index (κ3) is 7.24. The zero-order chi connectivity index (χ0) is 32.2. The monoisotopic (exact) mass is 863 g/mol. The van der Waals surface area contributed by atoms with E-state index < -0.39 is 17.8 Å². The quantitative estimate of drug-likeness (QED) is 0.0531. The minimum atomic E-state index is -0.707. The summed E-state index contributed by atoms with van der Waals surface area (Å²) in [5, 5.41) is 5.51. The highest BCUT2D eigenvalue weighted by atomic mass is 127. The number of hydrazone groups is 1. The molecule has 0 fully saturated rings. The molecule has 0 bridgehead atoms. The molecule has 0 aliphatic heterocycles. The van der Waals surface area contributed by atoms with E-state index in [9.17, 15) is 14.4 Å². The standard InChI is InChI=1S/C32H21Br2ClIN3O6/c1-16(40)44-25-11-10-17(13-26(25)43-2)32(42)45-30-18(12-19(33)14-22(30)34)15-37-39-31(41)29-27(20-6-3-4-8-23(20)35)21-7-5-9-24(36)28(21)38-29/h3-15,38H,1-2H3,(H,39,41). The molecule has 0 aliphatic carbocycles. The Kier molecular flexibility index (Phi) is 10.3. The molecule has 5 aromatic rings. The number of nitrogens with zero attached hydrogens (tertiary/aromatic N) is 1. The molecule has 0 spiro atoms. The second-order valence-corrected chi connectivity index (χ2v) is 12.7. The summed E-state index contributed by atoms with van der Waals surface area (Å²) in [6, 6.07) is 20.7. The fraction of sp³-hybridized carbons (Fsp3) is 0.0625. The molecular weight excluding hydrogens is 845 g/mol. The second kappa shape index (κ2) is 14.1. The Bertz CT molecular complexity index is 2010. The van der Waals surface area contributed by atoms with Crippen molar-refractivity contribution < 1.29 is 28.6 Å². The van der Waals surface area contributed by atoms with Crippen molar-refractivity contribution in [1.29, 1.82) is 0 Å². The van der Waals surface area contributed by atoms with Gasteiger partial charge in [-0.05, 0) is 81.0 Å². The lowest BCUT2D eigenvalue weighted by Crippen LogP contribution is -2.19. The summed E-state index contributed by atoms with van der Waals surface area (Å²) in [5.41, 5.74) is 5.53. The van der Waals surface area contributed by atoms with Crippen LogP contribution in [0, 0.1) is 3.57 Å². The SMILES string of the molecule is COc1cc(C(=O)Oc2c(Br)cc(Br)cc2C=NNC(=O)c2[nH]c3c(I)cccc3c2-c2ccccc2Cl)ccc1OC(C)=O. The van der Waals surface area contributed by atoms with Crippen LogP contribution in [-0.4, -0.2) is 36.2 Å². The van der Waals surface area contributed by atoms with Crippen LogP contribution in [0.4, 0.5) is 0 Å². The second-order valence-electron chi connectivity index (χ2n) is 9.37. The summed E-state index contributed by atoms with van der Waals surface area (Å²) in [6.45, 7) is 1.26. The van der Waals surface area contributed by atoms with Crippen LogP contribution in [0.25, 0.3) is 22.0 Å². The molecule has 9 nitrogen and oxygen atoms in total. The van der Waals surface area contributed by atoms with Crippen molar-refractivity contribution >= 4 is 101 Å². The number of H-pyrrole nitrogens is 1. The van der Waals surface area contributed by atoms with Gasteiger partial charge in [-0.15, -0.1) is 0 Å². The van der Waals surface area contributed by atoms with Gasteiger partial charge in [0.05, 0.1) is 28.9 Å². The van der Waals surface area contributed by atoms with Crippen LogP contribution in [0.15, 0.2) is 86.8 Å². The molecule has 1 heterocycles. The summed E-state index contributed by atoms with van der Waals surface area (Å²) in [5.74, 6) is -1.24. The molecule has 13 heteroatoms. The van der Waals surface area contributed by atoms with Crippen molar-refractivity contribution in [3.8, 4) is 28.4 Å². The number of rotatable bonds is 8. The lowest BCUT2D eigenvalue weighted by molar-refractivity contribution is -0.132. The smallest absolute Gasteiger partial charge is 0.343 e. The molecule has 228 valence electrons. The molecule has 0 saturated carbocycles. The molecule has 0 atom stereocenters. The van der Waals surface area contributed by atoms with Crippen molar-refractivity contribution in [3.63, 3.8) is 0 Å². The Morgan fingerprint density at radius 2 is 1.76 bits per heavy atom. The predicted molar refractivity (Wildman–Crippen MR) is 188 cm³/mol. The van der Waals surface area contributed by atoms with Crippen LogP contribution in [0.5, 0.6) is 17.2 Å². The number of hydrogen-bond donors (Lipinski definition) is 2. The van der Waals surface area contributed by atoms with Crippen LogP contribution >= 0.6 is 66.1 Å². The molecule has 0 aliphatic rings. The van der Waals surface area contributed by atoms with E-state index in [4.69, 9.17) is 25.8 Å². The Morgan fingerprint density at radius 3 is 2.49 bits per heavy atom. The van der Waals surface area contributed by atoms with Gasteiger partial charge in [0.15, 0.2) is 17.2 Å². The van der Waals surface area contributed by atoms with Crippen LogP contribution in [0.3, 0.4) is 0 Å². The molecule has 5 rings (SSSR count). The number of aromatic nitrogens is 1.